The summed E-state index contributed by atoms with van der Waals surface area (Å²) in [5, 5.41) is 6.20. The number of halogens is 2. The maximum atomic E-state index is 12.5. The first-order valence-corrected chi connectivity index (χ1v) is 8.93. The fraction of sp³-hybridized carbons (Fsp3) is 0. The van der Waals surface area contributed by atoms with Gasteiger partial charge in [-0.15, -0.1) is 0 Å². The van der Waals surface area contributed by atoms with Crippen molar-refractivity contribution in [3.05, 3.63) is 93.4 Å². The van der Waals surface area contributed by atoms with E-state index in [-0.39, 0.29) is 11.8 Å². The molecule has 0 saturated heterocycles. The molecular weight excluding hydrogens is 416 g/mol. The van der Waals surface area contributed by atoms with Crippen LogP contribution in [0.3, 0.4) is 0 Å². The van der Waals surface area contributed by atoms with Gasteiger partial charge in [0, 0.05) is 15.1 Å². The van der Waals surface area contributed by atoms with Gasteiger partial charge in [-0.05, 0) is 64.5 Å². The molecule has 2 amide bonds. The summed E-state index contributed by atoms with van der Waals surface area (Å²) in [6.07, 6.45) is 0. The number of benzene rings is 3. The zero-order valence-corrected chi connectivity index (χ0v) is 15.8. The number of nitrogens with one attached hydrogen (secondary N) is 2. The highest BCUT2D eigenvalue weighted by molar-refractivity contribution is 9.10. The zero-order chi connectivity index (χ0) is 18.5. The molecule has 0 aromatic heterocycles. The van der Waals surface area contributed by atoms with E-state index in [9.17, 15) is 9.59 Å². The summed E-state index contributed by atoms with van der Waals surface area (Å²) >= 11 is 9.21. The molecule has 0 radical (unpaired) electrons. The van der Waals surface area contributed by atoms with E-state index in [4.69, 9.17) is 11.6 Å². The molecule has 0 aliphatic carbocycles. The minimum Gasteiger partial charge on any atom is -0.320 e. The summed E-state index contributed by atoms with van der Waals surface area (Å²) < 4.78 is 0.695. The first-order valence-electron chi connectivity index (χ1n) is 7.76. The Morgan fingerprint density at radius 2 is 1.27 bits per heavy atom. The van der Waals surface area contributed by atoms with Gasteiger partial charge in [0.1, 0.15) is 0 Å². The van der Waals surface area contributed by atoms with Crippen molar-refractivity contribution in [1.29, 1.82) is 0 Å². The highest BCUT2D eigenvalue weighted by Gasteiger charge is 2.13. The third-order valence-electron chi connectivity index (χ3n) is 3.65. The first-order chi connectivity index (χ1) is 12.5. The quantitative estimate of drug-likeness (QED) is 0.566. The molecule has 6 heteroatoms. The third kappa shape index (κ3) is 4.31. The second-order valence-corrected chi connectivity index (χ2v) is 6.73. The van der Waals surface area contributed by atoms with Gasteiger partial charge in [0.15, 0.2) is 0 Å². The van der Waals surface area contributed by atoms with Crippen LogP contribution in [0.15, 0.2) is 77.3 Å². The predicted octanol–water partition coefficient (Wildman–Crippen LogP) is 5.61. The second-order valence-electron chi connectivity index (χ2n) is 5.44. The Hall–Kier alpha value is -2.63. The van der Waals surface area contributed by atoms with Gasteiger partial charge in [-0.25, -0.2) is 0 Å². The molecule has 0 unspecified atom stereocenters. The van der Waals surface area contributed by atoms with Crippen molar-refractivity contribution < 1.29 is 9.59 Å². The Bertz CT molecular complexity index is 958. The Kier molecular flexibility index (Phi) is 5.71. The molecule has 3 rings (SSSR count). The lowest BCUT2D eigenvalue weighted by atomic mass is 10.2. The van der Waals surface area contributed by atoms with Gasteiger partial charge >= 0.3 is 0 Å². The van der Waals surface area contributed by atoms with Gasteiger partial charge in [-0.1, -0.05) is 35.9 Å². The molecule has 0 aliphatic heterocycles. The molecule has 130 valence electrons. The van der Waals surface area contributed by atoms with Crippen LogP contribution in [0, 0.1) is 0 Å². The van der Waals surface area contributed by atoms with Gasteiger partial charge in [0.25, 0.3) is 11.8 Å². The summed E-state index contributed by atoms with van der Waals surface area (Å²) in [5.41, 5.74) is 2.00. The van der Waals surface area contributed by atoms with E-state index in [1.165, 1.54) is 0 Å². The van der Waals surface area contributed by atoms with Crippen molar-refractivity contribution in [3.8, 4) is 0 Å². The number of hydrogen-bond acceptors (Lipinski definition) is 2. The minimum absolute atomic E-state index is 0.273. The summed E-state index contributed by atoms with van der Waals surface area (Å²) in [7, 11) is 0. The summed E-state index contributed by atoms with van der Waals surface area (Å²) in [5.74, 6) is -0.560. The van der Waals surface area contributed by atoms with Crippen LogP contribution in [-0.4, -0.2) is 11.8 Å². The molecule has 26 heavy (non-hydrogen) atoms. The van der Waals surface area contributed by atoms with E-state index < -0.39 is 0 Å². The van der Waals surface area contributed by atoms with Crippen molar-refractivity contribution in [3.63, 3.8) is 0 Å². The fourth-order valence-corrected chi connectivity index (χ4v) is 2.92. The van der Waals surface area contributed by atoms with E-state index in [1.807, 2.05) is 6.07 Å². The van der Waals surface area contributed by atoms with E-state index in [2.05, 4.69) is 26.6 Å². The highest BCUT2D eigenvalue weighted by Crippen LogP contribution is 2.24. The Morgan fingerprint density at radius 3 is 1.88 bits per heavy atom. The SMILES string of the molecule is O=C(Nc1ccccc1NC(=O)c1ccccc1Br)c1ccc(Cl)cc1. The van der Waals surface area contributed by atoms with Crippen LogP contribution in [-0.2, 0) is 0 Å². The Morgan fingerprint density at radius 1 is 0.731 bits per heavy atom. The van der Waals surface area contributed by atoms with Crippen molar-refractivity contribution in [2.24, 2.45) is 0 Å². The summed E-state index contributed by atoms with van der Waals surface area (Å²) in [6.45, 7) is 0. The topological polar surface area (TPSA) is 58.2 Å². The zero-order valence-electron chi connectivity index (χ0n) is 13.5. The second kappa shape index (κ2) is 8.17. The lowest BCUT2D eigenvalue weighted by Crippen LogP contribution is -2.17. The van der Waals surface area contributed by atoms with Crippen LogP contribution < -0.4 is 10.6 Å². The van der Waals surface area contributed by atoms with Crippen molar-refractivity contribution in [1.82, 2.24) is 0 Å². The number of carbonyl (C=O) groups is 2. The van der Waals surface area contributed by atoms with E-state index in [0.29, 0.717) is 32.0 Å². The molecule has 4 nitrogen and oxygen atoms in total. The standard InChI is InChI=1S/C20H14BrClN2O2/c21-16-6-2-1-5-15(16)20(26)24-18-8-4-3-7-17(18)23-19(25)13-9-11-14(22)12-10-13/h1-12H,(H,23,25)(H,24,26). The average Bonchev–Trinajstić information content (AvgIpc) is 2.64. The van der Waals surface area contributed by atoms with Gasteiger partial charge in [-0.3, -0.25) is 9.59 Å². The lowest BCUT2D eigenvalue weighted by Gasteiger charge is -2.13. The Balaban J connectivity index is 1.80. The van der Waals surface area contributed by atoms with E-state index >= 15 is 0 Å². The number of para-hydroxylation sites is 2. The smallest absolute Gasteiger partial charge is 0.256 e. The number of amides is 2. The van der Waals surface area contributed by atoms with Crippen LogP contribution in [0.25, 0.3) is 0 Å². The Labute approximate surface area is 164 Å². The third-order valence-corrected chi connectivity index (χ3v) is 4.59. The molecule has 2 N–H and O–H groups in total. The van der Waals surface area contributed by atoms with Gasteiger partial charge < -0.3 is 10.6 Å². The van der Waals surface area contributed by atoms with Crippen molar-refractivity contribution >= 4 is 50.7 Å². The van der Waals surface area contributed by atoms with Gasteiger partial charge in [-0.2, -0.15) is 0 Å². The number of anilines is 2. The molecule has 0 heterocycles. The number of carbonyl (C=O) groups excluding carboxylic acids is 2. The molecule has 0 atom stereocenters. The molecule has 0 bridgehead atoms. The van der Waals surface area contributed by atoms with Crippen molar-refractivity contribution in [2.75, 3.05) is 10.6 Å². The molecular formula is C20H14BrClN2O2. The molecule has 0 saturated carbocycles. The highest BCUT2D eigenvalue weighted by atomic mass is 79.9. The molecule has 0 fully saturated rings. The van der Waals surface area contributed by atoms with Crippen molar-refractivity contribution in [2.45, 2.75) is 0 Å². The van der Waals surface area contributed by atoms with Gasteiger partial charge in [0.05, 0.1) is 16.9 Å². The van der Waals surface area contributed by atoms with E-state index in [0.717, 1.165) is 0 Å². The maximum Gasteiger partial charge on any atom is 0.256 e. The average molecular weight is 430 g/mol. The lowest BCUT2D eigenvalue weighted by molar-refractivity contribution is 0.101. The number of hydrogen-bond donors (Lipinski definition) is 2. The number of rotatable bonds is 4. The molecule has 0 spiro atoms. The maximum absolute atomic E-state index is 12.5. The van der Waals surface area contributed by atoms with Crippen LogP contribution >= 0.6 is 27.5 Å². The largest absolute Gasteiger partial charge is 0.320 e. The molecule has 3 aromatic carbocycles. The monoisotopic (exact) mass is 428 g/mol. The molecule has 3 aromatic rings. The van der Waals surface area contributed by atoms with Crippen LogP contribution in [0.2, 0.25) is 5.02 Å². The normalized spacial score (nSPS) is 10.2. The summed E-state index contributed by atoms with van der Waals surface area (Å²) in [4.78, 5) is 24.9. The first kappa shape index (κ1) is 18.2. The van der Waals surface area contributed by atoms with Crippen LogP contribution in [0.1, 0.15) is 20.7 Å². The fourth-order valence-electron chi connectivity index (χ4n) is 2.33. The van der Waals surface area contributed by atoms with Crippen LogP contribution in [0.4, 0.5) is 11.4 Å². The van der Waals surface area contributed by atoms with E-state index in [1.54, 1.807) is 66.7 Å². The minimum atomic E-state index is -0.288. The van der Waals surface area contributed by atoms with Crippen LogP contribution in [0.5, 0.6) is 0 Å². The molecule has 0 aliphatic rings. The summed E-state index contributed by atoms with van der Waals surface area (Å²) in [6, 6.07) is 20.7. The predicted molar refractivity (Wildman–Crippen MR) is 108 cm³/mol. The van der Waals surface area contributed by atoms with Gasteiger partial charge in [0.2, 0.25) is 0 Å².